The molecule has 0 heterocycles. The number of benzene rings is 2. The maximum atomic E-state index is 12.9. The molecule has 0 aliphatic heterocycles. The fraction of sp³-hybridized carbons (Fsp3) is 0.278. The van der Waals surface area contributed by atoms with Crippen LogP contribution in [0.3, 0.4) is 0 Å². The summed E-state index contributed by atoms with van der Waals surface area (Å²) in [5, 5.41) is 7.74. The van der Waals surface area contributed by atoms with E-state index in [1.165, 1.54) is 28.8 Å². The number of nitrogens with zero attached hydrogens (tertiary/aromatic N) is 1. The molecule has 142 valence electrons. The highest BCUT2D eigenvalue weighted by Gasteiger charge is 2.30. The normalized spacial score (nSPS) is 13.9. The maximum Gasteiger partial charge on any atom is 0.416 e. The summed E-state index contributed by atoms with van der Waals surface area (Å²) in [6.45, 7) is 1.59. The molecule has 0 fully saturated rings. The van der Waals surface area contributed by atoms with Crippen LogP contribution in [0.2, 0.25) is 0 Å². The fourth-order valence-electron chi connectivity index (χ4n) is 2.26. The van der Waals surface area contributed by atoms with Gasteiger partial charge in [-0.2, -0.15) is 13.2 Å². The molecule has 2 aromatic carbocycles. The van der Waals surface area contributed by atoms with Gasteiger partial charge in [-0.25, -0.2) is 4.21 Å². The molecular formula is C18H21F3NO3S+. The average molecular weight is 388 g/mol. The Bertz CT molecular complexity index is 908. The summed E-state index contributed by atoms with van der Waals surface area (Å²) in [6, 6.07) is 7.99. The molecule has 8 heteroatoms. The SMILES string of the molecule is C=S(C)(=O)N(C)c1ccc([OH2+])cc1OCc1cc(C(F)(F)F)ccc1C. The Balaban J connectivity index is 2.34. The Hall–Kier alpha value is -2.35. The van der Waals surface area contributed by atoms with Gasteiger partial charge in [-0.15, -0.1) is 0 Å². The predicted octanol–water partition coefficient (Wildman–Crippen LogP) is 3.73. The van der Waals surface area contributed by atoms with Gasteiger partial charge in [-0.3, -0.25) is 4.31 Å². The Morgan fingerprint density at radius 3 is 2.46 bits per heavy atom. The first-order valence-corrected chi connectivity index (χ1v) is 9.70. The van der Waals surface area contributed by atoms with Crippen molar-refractivity contribution >= 4 is 21.3 Å². The highest BCUT2D eigenvalue weighted by molar-refractivity contribution is 8.00. The van der Waals surface area contributed by atoms with Crippen molar-refractivity contribution in [2.24, 2.45) is 0 Å². The van der Waals surface area contributed by atoms with Gasteiger partial charge in [-0.1, -0.05) is 6.07 Å². The second-order valence-electron chi connectivity index (χ2n) is 6.07. The van der Waals surface area contributed by atoms with Gasteiger partial charge in [0, 0.05) is 29.1 Å². The molecule has 0 spiro atoms. The molecule has 0 radical (unpaired) electrons. The third-order valence-corrected chi connectivity index (χ3v) is 5.29. The van der Waals surface area contributed by atoms with E-state index < -0.39 is 21.4 Å². The molecule has 4 nitrogen and oxygen atoms in total. The number of aryl methyl sites for hydroxylation is 1. The molecule has 2 N–H and O–H groups in total. The lowest BCUT2D eigenvalue weighted by molar-refractivity contribution is -0.137. The quantitative estimate of drug-likeness (QED) is 0.579. The van der Waals surface area contributed by atoms with Crippen LogP contribution in [0.15, 0.2) is 36.4 Å². The highest BCUT2D eigenvalue weighted by Crippen LogP contribution is 2.34. The minimum absolute atomic E-state index is 0.109. The number of hydrogen-bond donors (Lipinski definition) is 0. The topological polar surface area (TPSA) is 52.4 Å². The van der Waals surface area contributed by atoms with E-state index in [1.54, 1.807) is 20.0 Å². The van der Waals surface area contributed by atoms with Crippen molar-refractivity contribution < 1.29 is 27.2 Å². The summed E-state index contributed by atoms with van der Waals surface area (Å²) in [4.78, 5) is 0. The number of rotatable bonds is 5. The molecular weight excluding hydrogens is 367 g/mol. The Morgan fingerprint density at radius 1 is 1.23 bits per heavy atom. The van der Waals surface area contributed by atoms with Crippen molar-refractivity contribution in [2.75, 3.05) is 17.6 Å². The van der Waals surface area contributed by atoms with Crippen molar-refractivity contribution in [3.8, 4) is 11.5 Å². The second kappa shape index (κ2) is 7.11. The van der Waals surface area contributed by atoms with Gasteiger partial charge in [0.15, 0.2) is 5.75 Å². The van der Waals surface area contributed by atoms with Crippen molar-refractivity contribution in [1.82, 2.24) is 0 Å². The van der Waals surface area contributed by atoms with Gasteiger partial charge in [-0.05, 0) is 42.1 Å². The standard InChI is InChI=1S/C18H20F3NO3S/c1-12-5-6-14(18(19,20)21)9-13(12)11-25-17-10-15(23)7-8-16(17)22(2)26(3,4)24/h5-10,23H,3,11H2,1-2,4H3/p+1. The highest BCUT2D eigenvalue weighted by atomic mass is 32.2. The number of alkyl halides is 3. The van der Waals surface area contributed by atoms with E-state index >= 15 is 0 Å². The minimum Gasteiger partial charge on any atom is -0.593 e. The molecule has 0 aliphatic rings. The summed E-state index contributed by atoms with van der Waals surface area (Å²) >= 11 is 0. The largest absolute Gasteiger partial charge is 0.593 e. The van der Waals surface area contributed by atoms with Crippen LogP contribution in [-0.4, -0.2) is 28.5 Å². The third-order valence-electron chi connectivity index (χ3n) is 3.94. The first-order chi connectivity index (χ1) is 11.9. The van der Waals surface area contributed by atoms with Crippen LogP contribution < -0.4 is 9.04 Å². The van der Waals surface area contributed by atoms with E-state index in [0.717, 1.165) is 12.1 Å². The van der Waals surface area contributed by atoms with Gasteiger partial charge in [0.2, 0.25) is 0 Å². The summed E-state index contributed by atoms with van der Waals surface area (Å²) < 4.78 is 58.0. The molecule has 0 saturated carbocycles. The number of hydrogen-bond acceptors (Lipinski definition) is 2. The summed E-state index contributed by atoms with van der Waals surface area (Å²) in [6.07, 6.45) is -2.97. The van der Waals surface area contributed by atoms with E-state index in [-0.39, 0.29) is 18.1 Å². The molecule has 0 saturated heterocycles. The first kappa shape index (κ1) is 20.0. The minimum atomic E-state index is -4.43. The van der Waals surface area contributed by atoms with E-state index in [2.05, 4.69) is 5.87 Å². The molecule has 0 amide bonds. The summed E-state index contributed by atoms with van der Waals surface area (Å²) in [5.41, 5.74) is 0.748. The van der Waals surface area contributed by atoms with Gasteiger partial charge >= 0.3 is 6.18 Å². The molecule has 2 rings (SSSR count). The zero-order valence-corrected chi connectivity index (χ0v) is 15.5. The molecule has 2 aromatic rings. The molecule has 0 bridgehead atoms. The Kier molecular flexibility index (Phi) is 5.46. The van der Waals surface area contributed by atoms with E-state index in [0.29, 0.717) is 16.8 Å². The summed E-state index contributed by atoms with van der Waals surface area (Å²) in [5.74, 6) is 4.04. The Labute approximate surface area is 151 Å². The maximum absolute atomic E-state index is 12.9. The van der Waals surface area contributed by atoms with Gasteiger partial charge < -0.3 is 9.84 Å². The number of ether oxygens (including phenoxy) is 1. The fourth-order valence-corrected chi connectivity index (χ4v) is 2.82. The van der Waals surface area contributed by atoms with Crippen molar-refractivity contribution in [1.29, 1.82) is 0 Å². The molecule has 1 unspecified atom stereocenters. The lowest BCUT2D eigenvalue weighted by atomic mass is 10.1. The zero-order chi connectivity index (χ0) is 19.7. The smallest absolute Gasteiger partial charge is 0.416 e. The van der Waals surface area contributed by atoms with E-state index in [4.69, 9.17) is 9.84 Å². The number of halogens is 3. The van der Waals surface area contributed by atoms with Crippen molar-refractivity contribution in [3.63, 3.8) is 0 Å². The van der Waals surface area contributed by atoms with E-state index in [1.807, 2.05) is 0 Å². The molecule has 0 aromatic heterocycles. The zero-order valence-electron chi connectivity index (χ0n) is 14.7. The molecule has 1 atom stereocenters. The average Bonchev–Trinajstić information content (AvgIpc) is 2.51. The van der Waals surface area contributed by atoms with Crippen molar-refractivity contribution in [3.05, 3.63) is 53.1 Å². The van der Waals surface area contributed by atoms with Crippen LogP contribution in [0.1, 0.15) is 16.7 Å². The van der Waals surface area contributed by atoms with Crippen LogP contribution >= 0.6 is 0 Å². The van der Waals surface area contributed by atoms with Gasteiger partial charge in [0.25, 0.3) is 5.75 Å². The van der Waals surface area contributed by atoms with Crippen LogP contribution in [0.25, 0.3) is 0 Å². The van der Waals surface area contributed by atoms with Crippen LogP contribution in [0.4, 0.5) is 18.9 Å². The van der Waals surface area contributed by atoms with E-state index in [9.17, 15) is 17.4 Å². The van der Waals surface area contributed by atoms with Gasteiger partial charge in [0.1, 0.15) is 6.61 Å². The van der Waals surface area contributed by atoms with Crippen LogP contribution in [0.5, 0.6) is 11.5 Å². The van der Waals surface area contributed by atoms with Crippen LogP contribution in [0, 0.1) is 6.92 Å². The van der Waals surface area contributed by atoms with Gasteiger partial charge in [0.05, 0.1) is 17.3 Å². The second-order valence-corrected chi connectivity index (χ2v) is 8.53. The predicted molar refractivity (Wildman–Crippen MR) is 99.6 cm³/mol. The lowest BCUT2D eigenvalue weighted by Crippen LogP contribution is -2.25. The van der Waals surface area contributed by atoms with Crippen molar-refractivity contribution in [2.45, 2.75) is 19.7 Å². The Morgan fingerprint density at radius 2 is 1.88 bits per heavy atom. The first-order valence-electron chi connectivity index (χ1n) is 7.61. The lowest BCUT2D eigenvalue weighted by Gasteiger charge is -2.23. The molecule has 26 heavy (non-hydrogen) atoms. The van der Waals surface area contributed by atoms with Crippen LogP contribution in [-0.2, 0) is 22.5 Å². The summed E-state index contributed by atoms with van der Waals surface area (Å²) in [7, 11) is -0.985. The number of anilines is 1. The third kappa shape index (κ3) is 4.63. The monoisotopic (exact) mass is 388 g/mol. The molecule has 0 aliphatic carbocycles.